The first-order valence-corrected chi connectivity index (χ1v) is 8.44. The summed E-state index contributed by atoms with van der Waals surface area (Å²) in [5.74, 6) is -1.18. The molecule has 0 radical (unpaired) electrons. The van der Waals surface area contributed by atoms with Crippen LogP contribution in [0, 0.1) is 11.8 Å². The van der Waals surface area contributed by atoms with Gasteiger partial charge in [-0.05, 0) is 24.3 Å². The Bertz CT molecular complexity index is 602. The van der Waals surface area contributed by atoms with Crippen molar-refractivity contribution in [2.45, 2.75) is 21.9 Å². The molecule has 0 spiro atoms. The molecule has 2 amide bonds. The summed E-state index contributed by atoms with van der Waals surface area (Å²) in [7, 11) is 0. The van der Waals surface area contributed by atoms with Crippen molar-refractivity contribution in [1.29, 1.82) is 0 Å². The number of anilines is 1. The van der Waals surface area contributed by atoms with Gasteiger partial charge >= 0.3 is 0 Å². The Kier molecular flexibility index (Phi) is 2.96. The van der Waals surface area contributed by atoms with E-state index in [0.717, 1.165) is 0 Å². The number of aromatic hydroxyl groups is 1. The number of nitrogens with zero attached hydrogens (tertiary/aromatic N) is 1. The number of phenols is 1. The van der Waals surface area contributed by atoms with Gasteiger partial charge in [0, 0.05) is 0 Å². The molecule has 1 N–H and O–H groups in total. The van der Waals surface area contributed by atoms with Crippen LogP contribution in [0.25, 0.3) is 0 Å². The van der Waals surface area contributed by atoms with Crippen LogP contribution in [0.3, 0.4) is 0 Å². The predicted octanol–water partition coefficient (Wildman–Crippen LogP) is 1.81. The molecule has 3 fully saturated rings. The fourth-order valence-corrected chi connectivity index (χ4v) is 5.03. The number of benzene rings is 1. The van der Waals surface area contributed by atoms with Crippen LogP contribution in [-0.2, 0) is 14.3 Å². The second-order valence-electron chi connectivity index (χ2n) is 5.53. The topological polar surface area (TPSA) is 66.8 Å². The summed E-state index contributed by atoms with van der Waals surface area (Å²) in [6.45, 7) is 0. The third-order valence-corrected chi connectivity index (χ3v) is 7.35. The fraction of sp³-hybridized carbons (Fsp3) is 0.429. The Morgan fingerprint density at radius 1 is 0.952 bits per heavy atom. The molecule has 3 aliphatic rings. The Morgan fingerprint density at radius 3 is 1.90 bits per heavy atom. The third-order valence-electron chi connectivity index (χ3n) is 4.46. The number of rotatable bonds is 1. The molecule has 3 saturated heterocycles. The van der Waals surface area contributed by atoms with Crippen LogP contribution >= 0.6 is 31.9 Å². The number of ether oxygens (including phenoxy) is 1. The second-order valence-corrected chi connectivity index (χ2v) is 7.65. The second kappa shape index (κ2) is 4.54. The molecule has 3 aliphatic heterocycles. The highest BCUT2D eigenvalue weighted by Crippen LogP contribution is 2.53. The average molecular weight is 417 g/mol. The lowest BCUT2D eigenvalue weighted by atomic mass is 9.81. The summed E-state index contributed by atoms with van der Waals surface area (Å²) in [4.78, 5) is 26.6. The number of amides is 2. The van der Waals surface area contributed by atoms with Gasteiger partial charge in [-0.2, -0.15) is 0 Å². The molecule has 6 atom stereocenters. The maximum atomic E-state index is 12.7. The fourth-order valence-electron chi connectivity index (χ4n) is 3.52. The molecule has 0 aromatic heterocycles. The highest BCUT2D eigenvalue weighted by molar-refractivity contribution is 9.12. The summed E-state index contributed by atoms with van der Waals surface area (Å²) in [5, 5.41) is 9.34. The van der Waals surface area contributed by atoms with Crippen LogP contribution in [0.2, 0.25) is 0 Å². The Balaban J connectivity index is 1.73. The molecule has 4 rings (SSSR count). The van der Waals surface area contributed by atoms with Crippen molar-refractivity contribution < 1.29 is 19.4 Å². The molecule has 6 unspecified atom stereocenters. The van der Waals surface area contributed by atoms with Crippen LogP contribution in [-0.4, -0.2) is 38.8 Å². The van der Waals surface area contributed by atoms with Crippen LogP contribution in [0.1, 0.15) is 0 Å². The molecule has 1 aromatic rings. The zero-order chi connectivity index (χ0) is 14.9. The van der Waals surface area contributed by atoms with E-state index in [9.17, 15) is 14.7 Å². The molecular weight excluding hydrogens is 406 g/mol. The van der Waals surface area contributed by atoms with Gasteiger partial charge in [-0.15, -0.1) is 0 Å². The standard InChI is InChI=1S/C14H11Br2NO4/c15-9-10(16)12-8-7(11(9)21-12)13(19)17(14(8)20)5-1-3-6(18)4-2-5/h1-4,7-12,18H. The van der Waals surface area contributed by atoms with Crippen molar-refractivity contribution in [1.82, 2.24) is 0 Å². The maximum Gasteiger partial charge on any atom is 0.240 e. The van der Waals surface area contributed by atoms with Crippen molar-refractivity contribution in [2.24, 2.45) is 11.8 Å². The predicted molar refractivity (Wildman–Crippen MR) is 81.7 cm³/mol. The number of hydrogen-bond donors (Lipinski definition) is 1. The summed E-state index contributed by atoms with van der Waals surface area (Å²) in [5.41, 5.74) is 0.494. The van der Waals surface area contributed by atoms with Crippen molar-refractivity contribution >= 4 is 49.4 Å². The number of fused-ring (bicyclic) bond motifs is 5. The van der Waals surface area contributed by atoms with Crippen LogP contribution in [0.15, 0.2) is 24.3 Å². The first-order chi connectivity index (χ1) is 10.0. The lowest BCUT2D eigenvalue weighted by Crippen LogP contribution is -2.42. The lowest BCUT2D eigenvalue weighted by molar-refractivity contribution is -0.124. The normalized spacial score (nSPS) is 41.0. The SMILES string of the molecule is O=C1C2C3OC(C(Br)C3Br)C2C(=O)N1c1ccc(O)cc1. The zero-order valence-corrected chi connectivity index (χ0v) is 13.8. The highest BCUT2D eigenvalue weighted by Gasteiger charge is 2.68. The molecule has 1 aromatic carbocycles. The van der Waals surface area contributed by atoms with Gasteiger partial charge in [0.25, 0.3) is 0 Å². The van der Waals surface area contributed by atoms with Gasteiger partial charge in [-0.25, -0.2) is 4.90 Å². The molecule has 0 aliphatic carbocycles. The van der Waals surface area contributed by atoms with Crippen LogP contribution in [0.5, 0.6) is 5.75 Å². The number of phenolic OH excluding ortho intramolecular Hbond substituents is 1. The van der Waals surface area contributed by atoms with Gasteiger partial charge in [0.05, 0.1) is 39.4 Å². The summed E-state index contributed by atoms with van der Waals surface area (Å²) in [6, 6.07) is 6.09. The van der Waals surface area contributed by atoms with Crippen molar-refractivity contribution in [3.63, 3.8) is 0 Å². The summed E-state index contributed by atoms with van der Waals surface area (Å²) in [6.07, 6.45) is -0.550. The van der Waals surface area contributed by atoms with Gasteiger partial charge in [0.1, 0.15) is 5.75 Å². The van der Waals surface area contributed by atoms with Gasteiger partial charge in [-0.3, -0.25) is 9.59 Å². The van der Waals surface area contributed by atoms with E-state index in [0.29, 0.717) is 5.69 Å². The molecule has 110 valence electrons. The summed E-state index contributed by atoms with van der Waals surface area (Å²) >= 11 is 7.09. The Labute approximate surface area is 137 Å². The van der Waals surface area contributed by atoms with Gasteiger partial charge in [0.15, 0.2) is 0 Å². The van der Waals surface area contributed by atoms with Crippen molar-refractivity contribution in [3.8, 4) is 5.75 Å². The van der Waals surface area contributed by atoms with E-state index in [4.69, 9.17) is 4.74 Å². The minimum atomic E-state index is -0.422. The molecule has 7 heteroatoms. The average Bonchev–Trinajstić information content (AvgIpc) is 3.06. The van der Waals surface area contributed by atoms with Crippen LogP contribution in [0.4, 0.5) is 5.69 Å². The van der Waals surface area contributed by atoms with E-state index in [2.05, 4.69) is 31.9 Å². The quantitative estimate of drug-likeness (QED) is 0.560. The molecular formula is C14H11Br2NO4. The van der Waals surface area contributed by atoms with E-state index in [1.165, 1.54) is 17.0 Å². The third kappa shape index (κ3) is 1.71. The smallest absolute Gasteiger partial charge is 0.240 e. The molecule has 0 saturated carbocycles. The van der Waals surface area contributed by atoms with Gasteiger partial charge in [0.2, 0.25) is 11.8 Å². The number of imide groups is 1. The largest absolute Gasteiger partial charge is 0.508 e. The Morgan fingerprint density at radius 2 is 1.43 bits per heavy atom. The summed E-state index contributed by atoms with van der Waals surface area (Å²) < 4.78 is 5.81. The lowest BCUT2D eigenvalue weighted by Gasteiger charge is -2.24. The number of hydrogen-bond acceptors (Lipinski definition) is 4. The minimum Gasteiger partial charge on any atom is -0.508 e. The Hall–Kier alpha value is -0.920. The van der Waals surface area contributed by atoms with Gasteiger partial charge < -0.3 is 9.84 Å². The first-order valence-electron chi connectivity index (χ1n) is 6.61. The first kappa shape index (κ1) is 13.7. The number of halogens is 2. The molecule has 2 bridgehead atoms. The van der Waals surface area contributed by atoms with E-state index in [1.807, 2.05) is 0 Å². The van der Waals surface area contributed by atoms with Crippen molar-refractivity contribution in [3.05, 3.63) is 24.3 Å². The van der Waals surface area contributed by atoms with E-state index in [1.54, 1.807) is 12.1 Å². The number of carbonyl (C=O) groups excluding carboxylic acids is 2. The highest BCUT2D eigenvalue weighted by atomic mass is 79.9. The molecule has 21 heavy (non-hydrogen) atoms. The number of carbonyl (C=O) groups is 2. The molecule has 5 nitrogen and oxygen atoms in total. The monoisotopic (exact) mass is 415 g/mol. The van der Waals surface area contributed by atoms with E-state index >= 15 is 0 Å². The van der Waals surface area contributed by atoms with Crippen molar-refractivity contribution in [2.75, 3.05) is 4.90 Å². The minimum absolute atomic E-state index is 0.0280. The maximum absolute atomic E-state index is 12.7. The zero-order valence-electron chi connectivity index (χ0n) is 10.6. The van der Waals surface area contributed by atoms with E-state index in [-0.39, 0.29) is 39.4 Å². The number of alkyl halides is 2. The van der Waals surface area contributed by atoms with Crippen LogP contribution < -0.4 is 4.90 Å². The molecule has 3 heterocycles. The van der Waals surface area contributed by atoms with Gasteiger partial charge in [-0.1, -0.05) is 31.9 Å². The van der Waals surface area contributed by atoms with E-state index < -0.39 is 11.8 Å².